The minimum atomic E-state index is -0.118. The first-order valence-corrected chi connectivity index (χ1v) is 12.2. The summed E-state index contributed by atoms with van der Waals surface area (Å²) in [5.74, 6) is 1.14. The fraction of sp³-hybridized carbons (Fsp3) is 0.120. The highest BCUT2D eigenvalue weighted by Crippen LogP contribution is 2.38. The van der Waals surface area contributed by atoms with Gasteiger partial charge in [-0.25, -0.2) is 0 Å². The van der Waals surface area contributed by atoms with E-state index in [4.69, 9.17) is 21.7 Å². The number of amides is 1. The molecule has 0 bridgehead atoms. The SMILES string of the molecule is COc1cc(/C=C2\SC(=S)N(c3ccccc3C)C2=O)ccc1OCc1ccc(I)cc1. The number of para-hydroxylation sites is 1. The van der Waals surface area contributed by atoms with Crippen molar-refractivity contribution in [3.63, 3.8) is 0 Å². The molecule has 1 aliphatic heterocycles. The van der Waals surface area contributed by atoms with Crippen LogP contribution in [0, 0.1) is 10.5 Å². The van der Waals surface area contributed by atoms with E-state index in [9.17, 15) is 4.79 Å². The van der Waals surface area contributed by atoms with Crippen LogP contribution in [0.3, 0.4) is 0 Å². The van der Waals surface area contributed by atoms with E-state index < -0.39 is 0 Å². The molecule has 1 heterocycles. The predicted octanol–water partition coefficient (Wildman–Crippen LogP) is 6.59. The number of halogens is 1. The monoisotopic (exact) mass is 573 g/mol. The Morgan fingerprint density at radius 2 is 1.81 bits per heavy atom. The van der Waals surface area contributed by atoms with Gasteiger partial charge in [-0.2, -0.15) is 0 Å². The first-order chi connectivity index (χ1) is 15.5. The number of hydrogen-bond donors (Lipinski definition) is 0. The Labute approximate surface area is 210 Å². The summed E-state index contributed by atoms with van der Waals surface area (Å²) in [5.41, 5.74) is 3.74. The maximum absolute atomic E-state index is 13.1. The second-order valence-electron chi connectivity index (χ2n) is 7.13. The summed E-state index contributed by atoms with van der Waals surface area (Å²) in [4.78, 5) is 15.2. The first kappa shape index (κ1) is 22.8. The van der Waals surface area contributed by atoms with Crippen LogP contribution in [0.15, 0.2) is 71.6 Å². The van der Waals surface area contributed by atoms with Gasteiger partial charge < -0.3 is 9.47 Å². The van der Waals surface area contributed by atoms with Crippen LogP contribution < -0.4 is 14.4 Å². The van der Waals surface area contributed by atoms with Crippen LogP contribution in [0.1, 0.15) is 16.7 Å². The molecule has 1 saturated heterocycles. The van der Waals surface area contributed by atoms with Gasteiger partial charge in [-0.15, -0.1) is 0 Å². The average Bonchev–Trinajstić information content (AvgIpc) is 3.07. The maximum atomic E-state index is 13.1. The van der Waals surface area contributed by atoms with E-state index in [0.29, 0.717) is 27.3 Å². The van der Waals surface area contributed by atoms with Gasteiger partial charge in [-0.3, -0.25) is 9.69 Å². The molecule has 7 heteroatoms. The molecule has 0 atom stereocenters. The number of rotatable bonds is 6. The summed E-state index contributed by atoms with van der Waals surface area (Å²) in [5, 5.41) is 0. The summed E-state index contributed by atoms with van der Waals surface area (Å²) >= 11 is 9.07. The molecule has 0 aromatic heterocycles. The number of methoxy groups -OCH3 is 1. The Morgan fingerprint density at radius 1 is 1.06 bits per heavy atom. The van der Waals surface area contributed by atoms with E-state index in [-0.39, 0.29) is 5.91 Å². The van der Waals surface area contributed by atoms with Crippen molar-refractivity contribution in [3.8, 4) is 11.5 Å². The number of benzene rings is 3. The van der Waals surface area contributed by atoms with Crippen molar-refractivity contribution < 1.29 is 14.3 Å². The van der Waals surface area contributed by atoms with E-state index in [0.717, 1.165) is 22.4 Å². The predicted molar refractivity (Wildman–Crippen MR) is 143 cm³/mol. The molecular formula is C25H20INO3S2. The molecule has 1 aliphatic rings. The van der Waals surface area contributed by atoms with Crippen molar-refractivity contribution >= 4 is 68.6 Å². The minimum Gasteiger partial charge on any atom is -0.493 e. The third-order valence-electron chi connectivity index (χ3n) is 4.94. The lowest BCUT2D eigenvalue weighted by Crippen LogP contribution is -2.28. The number of nitrogens with zero attached hydrogens (tertiary/aromatic N) is 1. The molecule has 0 radical (unpaired) electrons. The summed E-state index contributed by atoms with van der Waals surface area (Å²) in [6.45, 7) is 2.42. The summed E-state index contributed by atoms with van der Waals surface area (Å²) in [6.07, 6.45) is 1.84. The highest BCUT2D eigenvalue weighted by atomic mass is 127. The van der Waals surface area contributed by atoms with Gasteiger partial charge in [0.1, 0.15) is 6.61 Å². The molecule has 4 rings (SSSR count). The smallest absolute Gasteiger partial charge is 0.270 e. The van der Waals surface area contributed by atoms with Crippen LogP contribution in [0.25, 0.3) is 6.08 Å². The Hall–Kier alpha value is -2.36. The fourth-order valence-electron chi connectivity index (χ4n) is 3.28. The molecule has 1 amide bonds. The molecule has 3 aromatic rings. The van der Waals surface area contributed by atoms with Crippen molar-refractivity contribution in [2.45, 2.75) is 13.5 Å². The number of ether oxygens (including phenoxy) is 2. The lowest BCUT2D eigenvalue weighted by molar-refractivity contribution is -0.113. The van der Waals surface area contributed by atoms with Crippen molar-refractivity contribution in [2.24, 2.45) is 0 Å². The molecule has 162 valence electrons. The van der Waals surface area contributed by atoms with E-state index >= 15 is 0 Å². The number of thiocarbonyl (C=S) groups is 1. The average molecular weight is 573 g/mol. The molecule has 0 saturated carbocycles. The first-order valence-electron chi connectivity index (χ1n) is 9.85. The van der Waals surface area contributed by atoms with Gasteiger partial charge in [0.05, 0.1) is 17.7 Å². The molecule has 4 nitrogen and oxygen atoms in total. The molecule has 0 unspecified atom stereocenters. The summed E-state index contributed by atoms with van der Waals surface area (Å²) in [7, 11) is 1.61. The number of anilines is 1. The van der Waals surface area contributed by atoms with Crippen molar-refractivity contribution in [2.75, 3.05) is 12.0 Å². The topological polar surface area (TPSA) is 38.8 Å². The van der Waals surface area contributed by atoms with Gasteiger partial charge in [0, 0.05) is 3.57 Å². The molecule has 0 N–H and O–H groups in total. The van der Waals surface area contributed by atoms with E-state index in [1.807, 2.05) is 79.7 Å². The van der Waals surface area contributed by atoms with Gasteiger partial charge in [-0.1, -0.05) is 60.4 Å². The molecule has 3 aromatic carbocycles. The van der Waals surface area contributed by atoms with Gasteiger partial charge in [0.25, 0.3) is 5.91 Å². The zero-order chi connectivity index (χ0) is 22.7. The highest BCUT2D eigenvalue weighted by molar-refractivity contribution is 14.1. The highest BCUT2D eigenvalue weighted by Gasteiger charge is 2.33. The molecule has 0 spiro atoms. The normalized spacial score (nSPS) is 14.8. The van der Waals surface area contributed by atoms with Crippen molar-refractivity contribution in [3.05, 3.63) is 91.9 Å². The van der Waals surface area contributed by atoms with Crippen LogP contribution >= 0.6 is 46.6 Å². The van der Waals surface area contributed by atoms with Crippen LogP contribution in [0.4, 0.5) is 5.69 Å². The third kappa shape index (κ3) is 5.00. The number of aryl methyl sites for hydroxylation is 1. The maximum Gasteiger partial charge on any atom is 0.270 e. The number of carbonyl (C=O) groups excluding carboxylic acids is 1. The Bertz CT molecular complexity index is 1210. The summed E-state index contributed by atoms with van der Waals surface area (Å²) in [6, 6.07) is 21.5. The minimum absolute atomic E-state index is 0.118. The second kappa shape index (κ2) is 10.1. The van der Waals surface area contributed by atoms with E-state index in [1.165, 1.54) is 15.3 Å². The van der Waals surface area contributed by atoms with Crippen LogP contribution in [-0.2, 0) is 11.4 Å². The summed E-state index contributed by atoms with van der Waals surface area (Å²) < 4.78 is 13.2. The van der Waals surface area contributed by atoms with Gasteiger partial charge in [0.15, 0.2) is 15.8 Å². The molecule has 1 fully saturated rings. The number of carbonyl (C=O) groups is 1. The zero-order valence-corrected chi connectivity index (χ0v) is 21.3. The third-order valence-corrected chi connectivity index (χ3v) is 6.96. The van der Waals surface area contributed by atoms with Gasteiger partial charge >= 0.3 is 0 Å². The van der Waals surface area contributed by atoms with E-state index in [1.54, 1.807) is 12.0 Å². The number of hydrogen-bond acceptors (Lipinski definition) is 5. The van der Waals surface area contributed by atoms with Gasteiger partial charge in [0.2, 0.25) is 0 Å². The Balaban J connectivity index is 1.54. The Kier molecular flexibility index (Phi) is 7.17. The van der Waals surface area contributed by atoms with E-state index in [2.05, 4.69) is 22.6 Å². The fourth-order valence-corrected chi connectivity index (χ4v) is 4.92. The second-order valence-corrected chi connectivity index (χ2v) is 10.1. The van der Waals surface area contributed by atoms with Crippen molar-refractivity contribution in [1.82, 2.24) is 0 Å². The molecular weight excluding hydrogens is 553 g/mol. The number of thioether (sulfide) groups is 1. The largest absolute Gasteiger partial charge is 0.493 e. The van der Waals surface area contributed by atoms with Gasteiger partial charge in [-0.05, 0) is 82.6 Å². The van der Waals surface area contributed by atoms with Crippen molar-refractivity contribution in [1.29, 1.82) is 0 Å². The molecule has 0 aliphatic carbocycles. The Morgan fingerprint density at radius 3 is 2.53 bits per heavy atom. The lowest BCUT2D eigenvalue weighted by Gasteiger charge is -2.16. The quantitative estimate of drug-likeness (QED) is 0.189. The zero-order valence-electron chi connectivity index (χ0n) is 17.5. The van der Waals surface area contributed by atoms with Crippen LogP contribution in [-0.4, -0.2) is 17.3 Å². The molecule has 32 heavy (non-hydrogen) atoms. The van der Waals surface area contributed by atoms with Crippen LogP contribution in [0.5, 0.6) is 11.5 Å². The lowest BCUT2D eigenvalue weighted by atomic mass is 10.1. The van der Waals surface area contributed by atoms with Crippen LogP contribution in [0.2, 0.25) is 0 Å². The standard InChI is InChI=1S/C25H20INO3S2/c1-16-5-3-4-6-20(16)27-24(28)23(32-25(27)31)14-18-9-12-21(22(13-18)29-2)30-15-17-7-10-19(26)11-8-17/h3-14H,15H2,1-2H3/b23-14-.